The number of hydrogen-bond acceptors (Lipinski definition) is 4. The number of halogens is 4. The molecule has 10 heteroatoms. The second-order valence-corrected chi connectivity index (χ2v) is 6.65. The van der Waals surface area contributed by atoms with Gasteiger partial charge in [-0.3, -0.25) is 9.59 Å². The maximum Gasteiger partial charge on any atom is 0.417 e. The van der Waals surface area contributed by atoms with Gasteiger partial charge in [0.05, 0.1) is 5.56 Å². The van der Waals surface area contributed by atoms with E-state index in [-0.39, 0.29) is 28.5 Å². The van der Waals surface area contributed by atoms with Gasteiger partial charge in [0.1, 0.15) is 11.8 Å². The molecule has 148 valence electrons. The highest BCUT2D eigenvalue weighted by Crippen LogP contribution is 2.31. The Morgan fingerprint density at radius 2 is 2.07 bits per heavy atom. The molecule has 2 amide bonds. The Morgan fingerprint density at radius 3 is 2.64 bits per heavy atom. The smallest absolute Gasteiger partial charge is 0.417 e. The van der Waals surface area contributed by atoms with Crippen molar-refractivity contribution in [2.75, 3.05) is 12.4 Å². The van der Waals surface area contributed by atoms with E-state index in [4.69, 9.17) is 16.3 Å². The van der Waals surface area contributed by atoms with Gasteiger partial charge in [-0.1, -0.05) is 11.6 Å². The summed E-state index contributed by atoms with van der Waals surface area (Å²) < 4.78 is 43.2. The predicted molar refractivity (Wildman–Crippen MR) is 95.2 cm³/mol. The van der Waals surface area contributed by atoms with Crippen LogP contribution in [0.1, 0.15) is 18.4 Å². The van der Waals surface area contributed by atoms with Crippen LogP contribution in [0.5, 0.6) is 11.6 Å². The van der Waals surface area contributed by atoms with Crippen LogP contribution in [0.15, 0.2) is 36.5 Å². The summed E-state index contributed by atoms with van der Waals surface area (Å²) in [5, 5.41) is 2.91. The van der Waals surface area contributed by atoms with Crippen molar-refractivity contribution in [2.45, 2.75) is 25.1 Å². The Balaban J connectivity index is 1.73. The Hall–Kier alpha value is -2.81. The third-order valence-electron chi connectivity index (χ3n) is 4.22. The fourth-order valence-corrected chi connectivity index (χ4v) is 2.98. The molecule has 1 aliphatic rings. The zero-order valence-electron chi connectivity index (χ0n) is 14.6. The highest BCUT2D eigenvalue weighted by Gasteiger charge is 2.33. The van der Waals surface area contributed by atoms with Gasteiger partial charge in [0.2, 0.25) is 17.7 Å². The molecule has 6 nitrogen and oxygen atoms in total. The van der Waals surface area contributed by atoms with Crippen LogP contribution in [0.25, 0.3) is 0 Å². The molecule has 1 saturated heterocycles. The molecular formula is C18H15ClF3N3O3. The average molecular weight is 414 g/mol. The summed E-state index contributed by atoms with van der Waals surface area (Å²) in [5.74, 6) is -0.350. The second-order valence-electron chi connectivity index (χ2n) is 6.21. The van der Waals surface area contributed by atoms with Crippen LogP contribution in [0.4, 0.5) is 18.9 Å². The molecule has 1 aliphatic heterocycles. The van der Waals surface area contributed by atoms with E-state index in [1.54, 1.807) is 7.05 Å². The first-order valence-electron chi connectivity index (χ1n) is 8.22. The number of hydrogen-bond donors (Lipinski definition) is 1. The molecule has 1 atom stereocenters. The summed E-state index contributed by atoms with van der Waals surface area (Å²) in [6.07, 6.45) is -3.11. The normalized spacial score (nSPS) is 17.0. The van der Waals surface area contributed by atoms with Crippen molar-refractivity contribution in [1.82, 2.24) is 9.88 Å². The lowest BCUT2D eigenvalue weighted by atomic mass is 10.2. The van der Waals surface area contributed by atoms with E-state index in [1.165, 1.54) is 23.1 Å². The number of amides is 2. The van der Waals surface area contributed by atoms with E-state index in [0.717, 1.165) is 12.1 Å². The van der Waals surface area contributed by atoms with Crippen LogP contribution in [-0.2, 0) is 15.8 Å². The van der Waals surface area contributed by atoms with Gasteiger partial charge in [-0.15, -0.1) is 0 Å². The summed E-state index contributed by atoms with van der Waals surface area (Å²) in [6, 6.07) is 5.74. The topological polar surface area (TPSA) is 71.5 Å². The average Bonchev–Trinajstić information content (AvgIpc) is 2.93. The van der Waals surface area contributed by atoms with Crippen molar-refractivity contribution in [3.05, 3.63) is 47.1 Å². The lowest BCUT2D eigenvalue weighted by Gasteiger charge is -2.19. The fraction of sp³-hybridized carbons (Fsp3) is 0.278. The number of anilines is 1. The van der Waals surface area contributed by atoms with Gasteiger partial charge < -0.3 is 15.0 Å². The minimum Gasteiger partial charge on any atom is -0.439 e. The first-order valence-corrected chi connectivity index (χ1v) is 8.59. The Labute approximate surface area is 163 Å². The molecule has 1 unspecified atom stereocenters. The minimum atomic E-state index is -4.49. The number of ether oxygens (including phenoxy) is 1. The van der Waals surface area contributed by atoms with Crippen molar-refractivity contribution in [1.29, 1.82) is 0 Å². The SMILES string of the molecule is CN1C(=O)CCC1C(=O)Nc1cc(Cl)cc(Oc2ccc(C(F)(F)F)cn2)c1. The third kappa shape index (κ3) is 4.53. The molecule has 0 spiro atoms. The number of nitrogens with one attached hydrogen (secondary N) is 1. The number of carbonyl (C=O) groups is 2. The molecule has 1 N–H and O–H groups in total. The number of benzene rings is 1. The molecule has 0 radical (unpaired) electrons. The van der Waals surface area contributed by atoms with Gasteiger partial charge in [-0.2, -0.15) is 13.2 Å². The quantitative estimate of drug-likeness (QED) is 0.819. The van der Waals surface area contributed by atoms with Crippen molar-refractivity contribution in [2.24, 2.45) is 0 Å². The van der Waals surface area contributed by atoms with Crippen LogP contribution in [-0.4, -0.2) is 34.8 Å². The molecule has 0 saturated carbocycles. The van der Waals surface area contributed by atoms with E-state index < -0.39 is 17.8 Å². The van der Waals surface area contributed by atoms with Gasteiger partial charge in [-0.25, -0.2) is 4.98 Å². The molecule has 0 aliphatic carbocycles. The first kappa shape index (κ1) is 19.9. The Bertz CT molecular complexity index is 903. The summed E-state index contributed by atoms with van der Waals surface area (Å²) in [4.78, 5) is 28.9. The summed E-state index contributed by atoms with van der Waals surface area (Å²) >= 11 is 6.03. The van der Waals surface area contributed by atoms with Crippen LogP contribution >= 0.6 is 11.6 Å². The predicted octanol–water partition coefficient (Wildman–Crippen LogP) is 4.11. The van der Waals surface area contributed by atoms with Gasteiger partial charge in [-0.05, 0) is 24.6 Å². The standard InChI is InChI=1S/C18H15ClF3N3O3/c1-25-14(3-5-16(25)26)17(27)24-12-6-11(19)7-13(8-12)28-15-4-2-10(9-23-15)18(20,21)22/h2,4,6-9,14H,3,5H2,1H3,(H,24,27). The lowest BCUT2D eigenvalue weighted by molar-refractivity contribution is -0.137. The number of pyridine rings is 1. The van der Waals surface area contributed by atoms with Crippen LogP contribution in [0.3, 0.4) is 0 Å². The Morgan fingerprint density at radius 1 is 1.32 bits per heavy atom. The summed E-state index contributed by atoms with van der Waals surface area (Å²) in [5.41, 5.74) is -0.568. The number of likely N-dealkylation sites (tertiary alicyclic amines) is 1. The van der Waals surface area contributed by atoms with Crippen molar-refractivity contribution in [3.8, 4) is 11.6 Å². The van der Waals surface area contributed by atoms with Crippen LogP contribution in [0, 0.1) is 0 Å². The number of carbonyl (C=O) groups excluding carboxylic acids is 2. The maximum atomic E-state index is 12.6. The van der Waals surface area contributed by atoms with E-state index >= 15 is 0 Å². The van der Waals surface area contributed by atoms with Gasteiger partial charge in [0, 0.05) is 42.5 Å². The van der Waals surface area contributed by atoms with Crippen molar-refractivity contribution >= 4 is 29.1 Å². The Kier molecular flexibility index (Phi) is 5.46. The van der Waals surface area contributed by atoms with Crippen LogP contribution in [0.2, 0.25) is 5.02 Å². The van der Waals surface area contributed by atoms with Gasteiger partial charge in [0.15, 0.2) is 0 Å². The van der Waals surface area contributed by atoms with Gasteiger partial charge >= 0.3 is 6.18 Å². The molecule has 1 aromatic heterocycles. The lowest BCUT2D eigenvalue weighted by Crippen LogP contribution is -2.38. The number of nitrogens with zero attached hydrogens (tertiary/aromatic N) is 2. The molecule has 28 heavy (non-hydrogen) atoms. The van der Waals surface area contributed by atoms with E-state index in [2.05, 4.69) is 10.3 Å². The molecule has 2 heterocycles. The summed E-state index contributed by atoms with van der Waals surface area (Å²) in [6.45, 7) is 0. The maximum absolute atomic E-state index is 12.6. The number of likely N-dealkylation sites (N-methyl/N-ethyl adjacent to an activating group) is 1. The fourth-order valence-electron chi connectivity index (χ4n) is 2.76. The van der Waals surface area contributed by atoms with Gasteiger partial charge in [0.25, 0.3) is 0 Å². The highest BCUT2D eigenvalue weighted by molar-refractivity contribution is 6.31. The number of rotatable bonds is 4. The number of aromatic nitrogens is 1. The van der Waals surface area contributed by atoms with E-state index in [9.17, 15) is 22.8 Å². The molecule has 1 aromatic carbocycles. The van der Waals surface area contributed by atoms with Crippen molar-refractivity contribution < 1.29 is 27.5 Å². The van der Waals surface area contributed by atoms with E-state index in [1.807, 2.05) is 0 Å². The highest BCUT2D eigenvalue weighted by atomic mass is 35.5. The third-order valence-corrected chi connectivity index (χ3v) is 4.44. The number of alkyl halides is 3. The van der Waals surface area contributed by atoms with Crippen LogP contribution < -0.4 is 10.1 Å². The van der Waals surface area contributed by atoms with E-state index in [0.29, 0.717) is 24.7 Å². The largest absolute Gasteiger partial charge is 0.439 e. The minimum absolute atomic E-state index is 0.0614. The van der Waals surface area contributed by atoms with Crippen molar-refractivity contribution in [3.63, 3.8) is 0 Å². The second kappa shape index (κ2) is 7.67. The monoisotopic (exact) mass is 413 g/mol. The molecule has 1 fully saturated rings. The zero-order valence-corrected chi connectivity index (χ0v) is 15.3. The zero-order chi connectivity index (χ0) is 20.5. The molecular weight excluding hydrogens is 399 g/mol. The molecule has 2 aromatic rings. The summed E-state index contributed by atoms with van der Waals surface area (Å²) in [7, 11) is 1.56. The molecule has 0 bridgehead atoms. The molecule has 3 rings (SSSR count). The first-order chi connectivity index (χ1) is 13.1.